The number of hydrogen-bond donors (Lipinski definition) is 3. The third-order valence-electron chi connectivity index (χ3n) is 8.46. The summed E-state index contributed by atoms with van der Waals surface area (Å²) in [5.41, 5.74) is 3.11. The minimum Gasteiger partial charge on any atom is -0.508 e. The molecule has 4 aromatic rings. The minimum absolute atomic E-state index is 0.0103. The Hall–Kier alpha value is -4.43. The molecule has 2 aromatic carbocycles. The molecule has 13 heteroatoms. The maximum Gasteiger partial charge on any atom is 0.270 e. The molecule has 252 valence electrons. The van der Waals surface area contributed by atoms with Gasteiger partial charge in [-0.2, -0.15) is 0 Å². The van der Waals surface area contributed by atoms with Crippen LogP contribution in [-0.4, -0.2) is 77.3 Å². The van der Waals surface area contributed by atoms with Gasteiger partial charge in [-0.15, -0.1) is 11.3 Å². The third kappa shape index (κ3) is 8.53. The maximum absolute atomic E-state index is 14.4. The smallest absolute Gasteiger partial charge is 0.270 e. The van der Waals surface area contributed by atoms with Crippen molar-refractivity contribution < 1.29 is 33.3 Å². The first kappa shape index (κ1) is 33.5. The van der Waals surface area contributed by atoms with Crippen LogP contribution in [0.15, 0.2) is 60.1 Å². The number of hydrogen-bond acceptors (Lipinski definition) is 10. The zero-order valence-electron chi connectivity index (χ0n) is 26.6. The molecule has 2 fully saturated rings. The van der Waals surface area contributed by atoms with Crippen molar-refractivity contribution >= 4 is 23.2 Å². The fourth-order valence-electron chi connectivity index (χ4n) is 6.01. The number of pyridine rings is 1. The Morgan fingerprint density at radius 1 is 1.04 bits per heavy atom. The summed E-state index contributed by atoms with van der Waals surface area (Å²) < 4.78 is 31.0. The predicted octanol–water partition coefficient (Wildman–Crippen LogP) is 5.29. The molecule has 0 spiro atoms. The van der Waals surface area contributed by atoms with Gasteiger partial charge in [-0.1, -0.05) is 18.2 Å². The number of aromatic hydroxyl groups is 1. The number of carbonyl (C=O) groups excluding carboxylic acids is 2. The van der Waals surface area contributed by atoms with E-state index in [0.717, 1.165) is 47.1 Å². The van der Waals surface area contributed by atoms with Crippen molar-refractivity contribution in [3.8, 4) is 28.5 Å². The molecule has 1 aliphatic carbocycles. The molecular formula is C35H38FN5O6S. The van der Waals surface area contributed by atoms with Gasteiger partial charge < -0.3 is 30.0 Å². The van der Waals surface area contributed by atoms with Crippen molar-refractivity contribution in [2.75, 3.05) is 33.4 Å². The van der Waals surface area contributed by atoms with Crippen LogP contribution in [0.5, 0.6) is 17.4 Å². The molecule has 48 heavy (non-hydrogen) atoms. The fraction of sp³-hybridized carbons (Fsp3) is 0.371. The standard InChI is InChI=1S/C35H38FN5O6S/c1-45-20-32-40-31(21-48-32)34(44)39-26-7-5-25(6-8-26)38-33(43)30-17-24(36)18-37-35(30)47-28-4-2-3-22(16-28)29-10-9-27(42)15-23(29)19-41-11-13-46-14-12-41/h2-4,9-10,15-18,21,25-26,42H,5-8,11-14,19-20H2,1H3,(H,38,43)(H,39,44)/t25-,26+. The monoisotopic (exact) mass is 675 g/mol. The molecule has 11 nitrogen and oxygen atoms in total. The molecule has 3 N–H and O–H groups in total. The van der Waals surface area contributed by atoms with Crippen molar-refractivity contribution in [2.24, 2.45) is 0 Å². The number of aromatic nitrogens is 2. The van der Waals surface area contributed by atoms with Crippen LogP contribution in [0.4, 0.5) is 4.39 Å². The second kappa shape index (κ2) is 15.6. The molecule has 1 saturated heterocycles. The normalized spacial score (nSPS) is 18.3. The van der Waals surface area contributed by atoms with Crippen molar-refractivity contribution in [1.29, 1.82) is 0 Å². The highest BCUT2D eigenvalue weighted by molar-refractivity contribution is 7.09. The first-order valence-corrected chi connectivity index (χ1v) is 16.8. The number of benzene rings is 2. The Bertz CT molecular complexity index is 1740. The fourth-order valence-corrected chi connectivity index (χ4v) is 6.76. The first-order valence-electron chi connectivity index (χ1n) is 16.0. The topological polar surface area (TPSA) is 135 Å². The summed E-state index contributed by atoms with van der Waals surface area (Å²) in [4.78, 5) is 36.8. The van der Waals surface area contributed by atoms with Crippen LogP contribution in [0.2, 0.25) is 0 Å². The average Bonchev–Trinajstić information content (AvgIpc) is 3.56. The van der Waals surface area contributed by atoms with E-state index in [9.17, 15) is 19.1 Å². The highest BCUT2D eigenvalue weighted by atomic mass is 32.1. The lowest BCUT2D eigenvalue weighted by Crippen LogP contribution is -2.44. The number of morpholine rings is 1. The molecule has 6 rings (SSSR count). The summed E-state index contributed by atoms with van der Waals surface area (Å²) in [5, 5.41) is 18.7. The maximum atomic E-state index is 14.4. The van der Waals surface area contributed by atoms with Crippen LogP contribution in [0, 0.1) is 5.82 Å². The van der Waals surface area contributed by atoms with E-state index < -0.39 is 11.7 Å². The molecule has 0 bridgehead atoms. The Kier molecular flexibility index (Phi) is 10.9. The van der Waals surface area contributed by atoms with E-state index in [1.165, 1.54) is 11.3 Å². The van der Waals surface area contributed by atoms with Crippen LogP contribution in [0.25, 0.3) is 11.1 Å². The molecule has 3 heterocycles. The SMILES string of the molecule is COCc1nc(C(=O)N[C@H]2CC[C@@H](NC(=O)c3cc(F)cnc3Oc3cccc(-c4ccc(O)cc4CN4CCOCC4)c3)CC2)cs1. The molecule has 2 aromatic heterocycles. The number of phenols is 1. The van der Waals surface area contributed by atoms with Gasteiger partial charge >= 0.3 is 0 Å². The van der Waals surface area contributed by atoms with E-state index in [2.05, 4.69) is 25.5 Å². The van der Waals surface area contributed by atoms with Crippen LogP contribution in [0.3, 0.4) is 0 Å². The van der Waals surface area contributed by atoms with Gasteiger partial charge in [0.25, 0.3) is 11.8 Å². The van der Waals surface area contributed by atoms with E-state index in [1.807, 2.05) is 24.3 Å². The van der Waals surface area contributed by atoms with Crippen LogP contribution in [-0.2, 0) is 22.6 Å². The minimum atomic E-state index is -0.653. The molecule has 0 radical (unpaired) electrons. The first-order chi connectivity index (χ1) is 23.3. The van der Waals surface area contributed by atoms with Crippen molar-refractivity contribution in [2.45, 2.75) is 50.9 Å². The van der Waals surface area contributed by atoms with Crippen LogP contribution >= 0.6 is 11.3 Å². The molecule has 1 aliphatic heterocycles. The lowest BCUT2D eigenvalue weighted by Gasteiger charge is -2.29. The van der Waals surface area contributed by atoms with Crippen molar-refractivity contribution in [3.63, 3.8) is 0 Å². The number of thiazole rings is 1. The van der Waals surface area contributed by atoms with E-state index in [1.54, 1.807) is 30.7 Å². The number of phenolic OH excluding ortho intramolecular Hbond substituents is 1. The zero-order chi connectivity index (χ0) is 33.5. The highest BCUT2D eigenvalue weighted by Crippen LogP contribution is 2.33. The van der Waals surface area contributed by atoms with Gasteiger partial charge in [0.05, 0.1) is 26.0 Å². The number of ether oxygens (including phenoxy) is 3. The van der Waals surface area contributed by atoms with Gasteiger partial charge in [-0.25, -0.2) is 14.4 Å². The number of nitrogens with zero attached hydrogens (tertiary/aromatic N) is 3. The van der Waals surface area contributed by atoms with Gasteiger partial charge in [0, 0.05) is 44.2 Å². The van der Waals surface area contributed by atoms with Gasteiger partial charge in [0.2, 0.25) is 5.88 Å². The van der Waals surface area contributed by atoms with Crippen molar-refractivity contribution in [3.05, 3.63) is 87.8 Å². The average molecular weight is 676 g/mol. The third-order valence-corrected chi connectivity index (χ3v) is 9.28. The Labute approximate surface area is 282 Å². The second-order valence-corrected chi connectivity index (χ2v) is 12.9. The largest absolute Gasteiger partial charge is 0.508 e. The molecule has 1 saturated carbocycles. The van der Waals surface area contributed by atoms with Crippen LogP contribution < -0.4 is 15.4 Å². The molecule has 2 amide bonds. The molecule has 2 aliphatic rings. The molecule has 0 unspecified atom stereocenters. The number of rotatable bonds is 11. The number of methoxy groups -OCH3 is 1. The number of halogens is 1. The van der Waals surface area contributed by atoms with Crippen LogP contribution in [0.1, 0.15) is 57.1 Å². The van der Waals surface area contributed by atoms with Gasteiger partial charge in [-0.3, -0.25) is 14.5 Å². The lowest BCUT2D eigenvalue weighted by atomic mass is 9.91. The highest BCUT2D eigenvalue weighted by Gasteiger charge is 2.26. The molecule has 0 atom stereocenters. The van der Waals surface area contributed by atoms with Gasteiger partial charge in [-0.05, 0) is 72.7 Å². The number of amides is 2. The summed E-state index contributed by atoms with van der Waals surface area (Å²) in [5.74, 6) is -0.762. The Balaban J connectivity index is 1.09. The van der Waals surface area contributed by atoms with E-state index in [4.69, 9.17) is 14.2 Å². The summed E-state index contributed by atoms with van der Waals surface area (Å²) in [6, 6.07) is 13.6. The zero-order valence-corrected chi connectivity index (χ0v) is 27.4. The molecular weight excluding hydrogens is 637 g/mol. The predicted molar refractivity (Wildman–Crippen MR) is 178 cm³/mol. The Morgan fingerprint density at radius 3 is 2.54 bits per heavy atom. The van der Waals surface area contributed by atoms with Gasteiger partial charge in [0.15, 0.2) is 0 Å². The quantitative estimate of drug-likeness (QED) is 0.194. The van der Waals surface area contributed by atoms with E-state index >= 15 is 0 Å². The van der Waals surface area contributed by atoms with Gasteiger partial charge in [0.1, 0.15) is 33.6 Å². The summed E-state index contributed by atoms with van der Waals surface area (Å²) >= 11 is 1.38. The second-order valence-electron chi connectivity index (χ2n) is 11.9. The Morgan fingerprint density at radius 2 is 1.79 bits per heavy atom. The lowest BCUT2D eigenvalue weighted by molar-refractivity contribution is 0.0342. The summed E-state index contributed by atoms with van der Waals surface area (Å²) in [6.07, 6.45) is 3.65. The van der Waals surface area contributed by atoms with Crippen molar-refractivity contribution in [1.82, 2.24) is 25.5 Å². The number of carbonyl (C=O) groups is 2. The van der Waals surface area contributed by atoms with E-state index in [0.29, 0.717) is 63.5 Å². The number of nitrogens with one attached hydrogen (secondary N) is 2. The summed E-state index contributed by atoms with van der Waals surface area (Å²) in [7, 11) is 1.58. The summed E-state index contributed by atoms with van der Waals surface area (Å²) in [6.45, 7) is 3.96. The van der Waals surface area contributed by atoms with E-state index in [-0.39, 0.29) is 35.2 Å².